The van der Waals surface area contributed by atoms with Gasteiger partial charge in [0.25, 0.3) is 0 Å². The van der Waals surface area contributed by atoms with Gasteiger partial charge in [0.05, 0.1) is 0 Å². The predicted octanol–water partition coefficient (Wildman–Crippen LogP) is 2.34. The van der Waals surface area contributed by atoms with Gasteiger partial charge in [0.2, 0.25) is 11.8 Å². The zero-order valence-corrected chi connectivity index (χ0v) is 16.0. The highest BCUT2D eigenvalue weighted by atomic mass is 79.9. The summed E-state index contributed by atoms with van der Waals surface area (Å²) in [7, 11) is 0. The minimum atomic E-state index is -0.559. The SMILES string of the molecule is CC1CNCCC1NC(=O)C1CCN(c2cccc(Br)c2)C1=O.Cl. The maximum absolute atomic E-state index is 12.6. The third-order valence-corrected chi connectivity index (χ3v) is 5.25. The van der Waals surface area contributed by atoms with Crippen LogP contribution in [0.2, 0.25) is 0 Å². The molecule has 2 amide bonds. The second-order valence-corrected chi connectivity index (χ2v) is 7.31. The smallest absolute Gasteiger partial charge is 0.239 e. The number of piperidine rings is 1. The van der Waals surface area contributed by atoms with Crippen LogP contribution < -0.4 is 15.5 Å². The highest BCUT2D eigenvalue weighted by Gasteiger charge is 2.38. The van der Waals surface area contributed by atoms with Crippen molar-refractivity contribution in [3.05, 3.63) is 28.7 Å². The average molecular weight is 417 g/mol. The van der Waals surface area contributed by atoms with E-state index < -0.39 is 5.92 Å². The van der Waals surface area contributed by atoms with Crippen LogP contribution in [0.4, 0.5) is 5.69 Å². The van der Waals surface area contributed by atoms with Crippen LogP contribution >= 0.6 is 28.3 Å². The molecule has 0 spiro atoms. The van der Waals surface area contributed by atoms with Gasteiger partial charge in [-0.3, -0.25) is 9.59 Å². The first-order valence-electron chi connectivity index (χ1n) is 8.14. The van der Waals surface area contributed by atoms with Gasteiger partial charge in [-0.1, -0.05) is 28.9 Å². The number of anilines is 1. The molecule has 3 rings (SSSR count). The Morgan fingerprint density at radius 3 is 2.88 bits per heavy atom. The fourth-order valence-electron chi connectivity index (χ4n) is 3.34. The third kappa shape index (κ3) is 4.10. The summed E-state index contributed by atoms with van der Waals surface area (Å²) in [5.41, 5.74) is 0.843. The molecule has 5 nitrogen and oxygen atoms in total. The summed E-state index contributed by atoms with van der Waals surface area (Å²) in [4.78, 5) is 26.9. The van der Waals surface area contributed by atoms with Gasteiger partial charge >= 0.3 is 0 Å². The van der Waals surface area contributed by atoms with Crippen LogP contribution in [0.3, 0.4) is 0 Å². The van der Waals surface area contributed by atoms with Gasteiger partial charge in [-0.05, 0) is 50.0 Å². The first kappa shape index (κ1) is 19.2. The molecule has 132 valence electrons. The minimum Gasteiger partial charge on any atom is -0.352 e. The van der Waals surface area contributed by atoms with E-state index in [2.05, 4.69) is 33.5 Å². The highest BCUT2D eigenvalue weighted by Crippen LogP contribution is 2.27. The summed E-state index contributed by atoms with van der Waals surface area (Å²) >= 11 is 3.42. The summed E-state index contributed by atoms with van der Waals surface area (Å²) in [5, 5.41) is 6.41. The normalized spacial score (nSPS) is 26.8. The van der Waals surface area contributed by atoms with Crippen LogP contribution in [0.25, 0.3) is 0 Å². The molecule has 0 bridgehead atoms. The lowest BCUT2D eigenvalue weighted by Gasteiger charge is -2.30. The first-order valence-corrected chi connectivity index (χ1v) is 8.93. The van der Waals surface area contributed by atoms with Crippen molar-refractivity contribution in [2.45, 2.75) is 25.8 Å². The molecule has 2 fully saturated rings. The van der Waals surface area contributed by atoms with Crippen molar-refractivity contribution >= 4 is 45.8 Å². The Balaban J connectivity index is 0.00000208. The van der Waals surface area contributed by atoms with E-state index in [9.17, 15) is 9.59 Å². The zero-order chi connectivity index (χ0) is 16.4. The summed E-state index contributed by atoms with van der Waals surface area (Å²) < 4.78 is 0.930. The summed E-state index contributed by atoms with van der Waals surface area (Å²) in [6.45, 7) is 4.54. The van der Waals surface area contributed by atoms with E-state index in [0.29, 0.717) is 18.9 Å². The second-order valence-electron chi connectivity index (χ2n) is 6.40. The van der Waals surface area contributed by atoms with Crippen LogP contribution in [0, 0.1) is 11.8 Å². The molecule has 1 aromatic rings. The van der Waals surface area contributed by atoms with Gasteiger partial charge in [0.1, 0.15) is 5.92 Å². The maximum Gasteiger partial charge on any atom is 0.239 e. The van der Waals surface area contributed by atoms with E-state index >= 15 is 0 Å². The topological polar surface area (TPSA) is 61.4 Å². The fraction of sp³-hybridized carbons (Fsp3) is 0.529. The molecule has 1 aromatic carbocycles. The fourth-order valence-corrected chi connectivity index (χ4v) is 3.72. The largest absolute Gasteiger partial charge is 0.352 e. The minimum absolute atomic E-state index is 0. The van der Waals surface area contributed by atoms with Crippen molar-refractivity contribution in [2.75, 3.05) is 24.5 Å². The highest BCUT2D eigenvalue weighted by molar-refractivity contribution is 9.10. The van der Waals surface area contributed by atoms with Crippen LogP contribution in [0.1, 0.15) is 19.8 Å². The summed E-state index contributed by atoms with van der Waals surface area (Å²) in [6, 6.07) is 7.80. The van der Waals surface area contributed by atoms with Crippen molar-refractivity contribution < 1.29 is 9.59 Å². The lowest BCUT2D eigenvalue weighted by atomic mass is 9.94. The number of rotatable bonds is 3. The number of amides is 2. The first-order chi connectivity index (χ1) is 11.1. The third-order valence-electron chi connectivity index (χ3n) is 4.75. The summed E-state index contributed by atoms with van der Waals surface area (Å²) in [5.74, 6) is -0.380. The molecule has 2 aliphatic heterocycles. The molecule has 3 atom stereocenters. The Morgan fingerprint density at radius 2 is 2.17 bits per heavy atom. The van der Waals surface area contributed by atoms with Crippen LogP contribution in [-0.2, 0) is 9.59 Å². The molecule has 0 radical (unpaired) electrons. The summed E-state index contributed by atoms with van der Waals surface area (Å²) in [6.07, 6.45) is 1.50. The van der Waals surface area contributed by atoms with E-state index in [-0.39, 0.29) is 30.3 Å². The second kappa shape index (κ2) is 8.32. The van der Waals surface area contributed by atoms with E-state index in [1.165, 1.54) is 0 Å². The van der Waals surface area contributed by atoms with E-state index in [1.807, 2.05) is 24.3 Å². The Labute approximate surface area is 157 Å². The molecular weight excluding hydrogens is 394 g/mol. The average Bonchev–Trinajstić information content (AvgIpc) is 2.91. The quantitative estimate of drug-likeness (QED) is 0.744. The van der Waals surface area contributed by atoms with Gasteiger partial charge in [-0.2, -0.15) is 0 Å². The Kier molecular flexibility index (Phi) is 6.66. The molecule has 2 N–H and O–H groups in total. The van der Waals surface area contributed by atoms with Crippen molar-refractivity contribution in [1.82, 2.24) is 10.6 Å². The molecule has 0 aliphatic carbocycles. The molecule has 3 unspecified atom stereocenters. The number of carbonyl (C=O) groups excluding carboxylic acids is 2. The van der Waals surface area contributed by atoms with Crippen LogP contribution in [0.5, 0.6) is 0 Å². The van der Waals surface area contributed by atoms with Gasteiger partial charge in [0, 0.05) is 22.7 Å². The van der Waals surface area contributed by atoms with E-state index in [4.69, 9.17) is 0 Å². The zero-order valence-electron chi connectivity index (χ0n) is 13.6. The van der Waals surface area contributed by atoms with E-state index in [0.717, 1.165) is 29.7 Å². The number of nitrogens with zero attached hydrogens (tertiary/aromatic N) is 1. The molecule has 2 heterocycles. The molecule has 2 saturated heterocycles. The number of carbonyl (C=O) groups is 2. The molecule has 2 aliphatic rings. The predicted molar refractivity (Wildman–Crippen MR) is 100 cm³/mol. The Bertz CT molecular complexity index is 613. The van der Waals surface area contributed by atoms with E-state index in [1.54, 1.807) is 4.90 Å². The Morgan fingerprint density at radius 1 is 1.38 bits per heavy atom. The van der Waals surface area contributed by atoms with Gasteiger partial charge in [-0.25, -0.2) is 0 Å². The monoisotopic (exact) mass is 415 g/mol. The van der Waals surface area contributed by atoms with Gasteiger partial charge in [-0.15, -0.1) is 12.4 Å². The lowest BCUT2D eigenvalue weighted by molar-refractivity contribution is -0.132. The van der Waals surface area contributed by atoms with Crippen LogP contribution in [0.15, 0.2) is 28.7 Å². The van der Waals surface area contributed by atoms with Crippen molar-refractivity contribution in [2.24, 2.45) is 11.8 Å². The van der Waals surface area contributed by atoms with Crippen LogP contribution in [-0.4, -0.2) is 37.5 Å². The molecular formula is C17H23BrClN3O2. The number of hydrogen-bond donors (Lipinski definition) is 2. The van der Waals surface area contributed by atoms with Gasteiger partial charge < -0.3 is 15.5 Å². The Hall–Kier alpha value is -1.11. The maximum atomic E-state index is 12.6. The number of nitrogens with one attached hydrogen (secondary N) is 2. The number of hydrogen-bond acceptors (Lipinski definition) is 3. The molecule has 0 aromatic heterocycles. The van der Waals surface area contributed by atoms with Crippen molar-refractivity contribution in [3.63, 3.8) is 0 Å². The van der Waals surface area contributed by atoms with Crippen molar-refractivity contribution in [3.8, 4) is 0 Å². The standard InChI is InChI=1S/C17H22BrN3O2.ClH/c1-11-10-19-7-5-15(11)20-16(22)14-6-8-21(17(14)23)13-4-2-3-12(18)9-13;/h2-4,9,11,14-15,19H,5-8,10H2,1H3,(H,20,22);1H. The number of halogens is 2. The molecule has 24 heavy (non-hydrogen) atoms. The molecule has 0 saturated carbocycles. The number of benzene rings is 1. The van der Waals surface area contributed by atoms with Gasteiger partial charge in [0.15, 0.2) is 0 Å². The van der Waals surface area contributed by atoms with Crippen molar-refractivity contribution in [1.29, 1.82) is 0 Å². The molecule has 7 heteroatoms. The lowest BCUT2D eigenvalue weighted by Crippen LogP contribution is -2.50.